The molecular weight excluding hydrogens is 276 g/mol. The molecule has 2 aromatic carbocycles. The minimum Gasteiger partial charge on any atom is -0.508 e. The van der Waals surface area contributed by atoms with Crippen LogP contribution in [0, 0.1) is 11.8 Å². The summed E-state index contributed by atoms with van der Waals surface area (Å²) in [6.07, 6.45) is 0.687. The van der Waals surface area contributed by atoms with Gasteiger partial charge in [-0.25, -0.2) is 0 Å². The maximum Gasteiger partial charge on any atom is 0.309 e. The van der Waals surface area contributed by atoms with E-state index in [1.807, 2.05) is 44.2 Å². The average molecular weight is 298 g/mol. The third kappa shape index (κ3) is 4.62. The Bertz CT molecular complexity index is 588. The molecule has 3 heteroatoms. The van der Waals surface area contributed by atoms with Crippen LogP contribution < -0.4 is 0 Å². The molecule has 0 bridgehead atoms. The Morgan fingerprint density at radius 3 is 2.23 bits per heavy atom. The van der Waals surface area contributed by atoms with Crippen molar-refractivity contribution in [3.8, 4) is 5.75 Å². The summed E-state index contributed by atoms with van der Waals surface area (Å²) in [5, 5.41) is 9.25. The molecule has 0 heterocycles. The largest absolute Gasteiger partial charge is 0.508 e. The zero-order valence-corrected chi connectivity index (χ0v) is 13.0. The van der Waals surface area contributed by atoms with Gasteiger partial charge in [-0.1, -0.05) is 56.3 Å². The molecule has 0 saturated carbocycles. The van der Waals surface area contributed by atoms with Gasteiger partial charge < -0.3 is 9.84 Å². The molecule has 0 radical (unpaired) electrons. The summed E-state index contributed by atoms with van der Waals surface area (Å²) in [5.74, 6) is 0.0955. The normalized spacial score (nSPS) is 12.1. The fourth-order valence-electron chi connectivity index (χ4n) is 2.31. The van der Waals surface area contributed by atoms with Gasteiger partial charge in [-0.2, -0.15) is 0 Å². The number of hydrogen-bond donors (Lipinski definition) is 1. The van der Waals surface area contributed by atoms with E-state index in [2.05, 4.69) is 0 Å². The maximum atomic E-state index is 12.4. The van der Waals surface area contributed by atoms with Crippen molar-refractivity contribution in [1.29, 1.82) is 0 Å². The quantitative estimate of drug-likeness (QED) is 0.821. The van der Waals surface area contributed by atoms with Crippen LogP contribution in [0.15, 0.2) is 54.6 Å². The molecule has 3 nitrogen and oxygen atoms in total. The Morgan fingerprint density at radius 1 is 1.00 bits per heavy atom. The lowest BCUT2D eigenvalue weighted by Crippen LogP contribution is -2.25. The number of ether oxygens (including phenoxy) is 1. The fourth-order valence-corrected chi connectivity index (χ4v) is 2.31. The summed E-state index contributed by atoms with van der Waals surface area (Å²) in [6, 6.07) is 16.7. The summed E-state index contributed by atoms with van der Waals surface area (Å²) < 4.78 is 5.44. The monoisotopic (exact) mass is 298 g/mol. The third-order valence-corrected chi connectivity index (χ3v) is 3.72. The number of benzene rings is 2. The van der Waals surface area contributed by atoms with Gasteiger partial charge in [-0.15, -0.1) is 0 Å². The van der Waals surface area contributed by atoms with Gasteiger partial charge in [0.05, 0.1) is 5.92 Å². The minimum atomic E-state index is -0.174. The van der Waals surface area contributed by atoms with Crippen LogP contribution >= 0.6 is 0 Å². The van der Waals surface area contributed by atoms with Crippen molar-refractivity contribution in [2.45, 2.75) is 26.9 Å². The molecule has 0 aliphatic rings. The highest BCUT2D eigenvalue weighted by Crippen LogP contribution is 2.20. The molecule has 1 atom stereocenters. The maximum absolute atomic E-state index is 12.4. The molecule has 0 aliphatic carbocycles. The number of hydrogen-bond acceptors (Lipinski definition) is 3. The van der Waals surface area contributed by atoms with Gasteiger partial charge in [-0.05, 0) is 35.6 Å². The molecule has 0 aliphatic heterocycles. The summed E-state index contributed by atoms with van der Waals surface area (Å²) in [7, 11) is 0. The van der Waals surface area contributed by atoms with Crippen molar-refractivity contribution in [3.63, 3.8) is 0 Å². The van der Waals surface area contributed by atoms with E-state index in [9.17, 15) is 9.90 Å². The van der Waals surface area contributed by atoms with Crippen LogP contribution in [0.25, 0.3) is 0 Å². The van der Waals surface area contributed by atoms with Crippen molar-refractivity contribution in [1.82, 2.24) is 0 Å². The Labute approximate surface area is 131 Å². The van der Waals surface area contributed by atoms with Gasteiger partial charge in [0, 0.05) is 0 Å². The number of carbonyl (C=O) groups is 1. The first kappa shape index (κ1) is 16.1. The molecule has 2 aromatic rings. The van der Waals surface area contributed by atoms with Gasteiger partial charge in [0.2, 0.25) is 0 Å². The van der Waals surface area contributed by atoms with E-state index in [4.69, 9.17) is 4.74 Å². The zero-order chi connectivity index (χ0) is 15.9. The molecule has 0 aromatic heterocycles. The van der Waals surface area contributed by atoms with Crippen LogP contribution in [0.5, 0.6) is 5.75 Å². The predicted molar refractivity (Wildman–Crippen MR) is 86.4 cm³/mol. The van der Waals surface area contributed by atoms with E-state index in [-0.39, 0.29) is 30.2 Å². The molecule has 1 N–H and O–H groups in total. The van der Waals surface area contributed by atoms with Gasteiger partial charge in [-0.3, -0.25) is 4.79 Å². The van der Waals surface area contributed by atoms with Crippen molar-refractivity contribution in [2.24, 2.45) is 11.8 Å². The SMILES string of the molecule is CC(C)C(Cc1ccccc1)C(=O)OCc1ccc(O)cc1. The minimum absolute atomic E-state index is 0.153. The molecule has 116 valence electrons. The molecule has 1 unspecified atom stereocenters. The van der Waals surface area contributed by atoms with Crippen molar-refractivity contribution >= 4 is 5.97 Å². The molecule has 0 spiro atoms. The first-order chi connectivity index (χ1) is 10.6. The van der Waals surface area contributed by atoms with Gasteiger partial charge >= 0.3 is 5.97 Å². The van der Waals surface area contributed by atoms with Gasteiger partial charge in [0.1, 0.15) is 12.4 Å². The summed E-state index contributed by atoms with van der Waals surface area (Å²) in [6.45, 7) is 4.31. The van der Waals surface area contributed by atoms with Crippen LogP contribution in [-0.2, 0) is 22.6 Å². The molecular formula is C19H22O3. The van der Waals surface area contributed by atoms with E-state index >= 15 is 0 Å². The Hall–Kier alpha value is -2.29. The molecule has 0 saturated heterocycles. The van der Waals surface area contributed by atoms with E-state index in [0.717, 1.165) is 11.1 Å². The third-order valence-electron chi connectivity index (χ3n) is 3.72. The molecule has 0 amide bonds. The lowest BCUT2D eigenvalue weighted by Gasteiger charge is -2.19. The predicted octanol–water partition coefficient (Wildman–Crippen LogP) is 3.95. The summed E-state index contributed by atoms with van der Waals surface area (Å²) in [4.78, 5) is 12.4. The number of esters is 1. The second kappa shape index (κ2) is 7.64. The Morgan fingerprint density at radius 2 is 1.64 bits per heavy atom. The first-order valence-corrected chi connectivity index (χ1v) is 7.54. The number of carbonyl (C=O) groups excluding carboxylic acids is 1. The van der Waals surface area contributed by atoms with E-state index < -0.39 is 0 Å². The first-order valence-electron chi connectivity index (χ1n) is 7.54. The van der Waals surface area contributed by atoms with Crippen LogP contribution in [-0.4, -0.2) is 11.1 Å². The van der Waals surface area contributed by atoms with Gasteiger partial charge in [0.15, 0.2) is 0 Å². The van der Waals surface area contributed by atoms with Crippen LogP contribution in [0.4, 0.5) is 0 Å². The summed E-state index contributed by atoms with van der Waals surface area (Å²) in [5.41, 5.74) is 2.01. The topological polar surface area (TPSA) is 46.5 Å². The molecule has 22 heavy (non-hydrogen) atoms. The van der Waals surface area contributed by atoms with Crippen LogP contribution in [0.3, 0.4) is 0 Å². The number of phenols is 1. The molecule has 0 fully saturated rings. The second-order valence-electron chi connectivity index (χ2n) is 5.81. The Balaban J connectivity index is 1.96. The number of rotatable bonds is 6. The van der Waals surface area contributed by atoms with Crippen LogP contribution in [0.1, 0.15) is 25.0 Å². The standard InChI is InChI=1S/C19H22O3/c1-14(2)18(12-15-6-4-3-5-7-15)19(21)22-13-16-8-10-17(20)11-9-16/h3-11,14,18,20H,12-13H2,1-2H3. The lowest BCUT2D eigenvalue weighted by molar-refractivity contribution is -0.151. The van der Waals surface area contributed by atoms with E-state index in [1.165, 1.54) is 0 Å². The number of aromatic hydroxyl groups is 1. The highest BCUT2D eigenvalue weighted by Gasteiger charge is 2.24. The van der Waals surface area contributed by atoms with E-state index in [1.54, 1.807) is 24.3 Å². The van der Waals surface area contributed by atoms with Crippen molar-refractivity contribution in [3.05, 3.63) is 65.7 Å². The second-order valence-corrected chi connectivity index (χ2v) is 5.81. The Kier molecular flexibility index (Phi) is 5.59. The van der Waals surface area contributed by atoms with Crippen molar-refractivity contribution in [2.75, 3.05) is 0 Å². The van der Waals surface area contributed by atoms with Gasteiger partial charge in [0.25, 0.3) is 0 Å². The highest BCUT2D eigenvalue weighted by molar-refractivity contribution is 5.73. The zero-order valence-electron chi connectivity index (χ0n) is 13.0. The van der Waals surface area contributed by atoms with Crippen LogP contribution in [0.2, 0.25) is 0 Å². The lowest BCUT2D eigenvalue weighted by atomic mass is 9.89. The summed E-state index contributed by atoms with van der Waals surface area (Å²) >= 11 is 0. The average Bonchev–Trinajstić information content (AvgIpc) is 2.52. The number of phenolic OH excluding ortho intramolecular Hbond substituents is 1. The highest BCUT2D eigenvalue weighted by atomic mass is 16.5. The molecule has 2 rings (SSSR count). The van der Waals surface area contributed by atoms with E-state index in [0.29, 0.717) is 6.42 Å². The smallest absolute Gasteiger partial charge is 0.309 e. The van der Waals surface area contributed by atoms with Crippen molar-refractivity contribution < 1.29 is 14.6 Å². The fraction of sp³-hybridized carbons (Fsp3) is 0.316.